The Kier molecular flexibility index (Phi) is 7.25. The lowest BCUT2D eigenvalue weighted by Gasteiger charge is -2.46. The number of halogens is 6. The van der Waals surface area contributed by atoms with Crippen molar-refractivity contribution in [3.05, 3.63) is 95.0 Å². The molecule has 2 aliphatic rings. The van der Waals surface area contributed by atoms with Gasteiger partial charge in [-0.3, -0.25) is 19.6 Å². The van der Waals surface area contributed by atoms with Crippen molar-refractivity contribution in [3.63, 3.8) is 0 Å². The first-order valence-electron chi connectivity index (χ1n) is 12.8. The first-order chi connectivity index (χ1) is 19.7. The van der Waals surface area contributed by atoms with Gasteiger partial charge >= 0.3 is 12.4 Å². The molecule has 0 aliphatic carbocycles. The van der Waals surface area contributed by atoms with Gasteiger partial charge in [-0.1, -0.05) is 36.4 Å². The maximum atomic E-state index is 13.7. The third kappa shape index (κ3) is 5.31. The van der Waals surface area contributed by atoms with E-state index in [1.807, 2.05) is 0 Å². The molecule has 3 aromatic rings. The number of alkyl halides is 6. The van der Waals surface area contributed by atoms with Crippen molar-refractivity contribution >= 4 is 17.5 Å². The van der Waals surface area contributed by atoms with E-state index in [1.54, 1.807) is 42.3 Å². The van der Waals surface area contributed by atoms with E-state index >= 15 is 0 Å². The number of nitrogens with one attached hydrogen (secondary N) is 1. The average Bonchev–Trinajstić information content (AvgIpc) is 3.34. The van der Waals surface area contributed by atoms with Crippen LogP contribution < -0.4 is 5.32 Å². The molecule has 220 valence electrons. The average molecular weight is 591 g/mol. The van der Waals surface area contributed by atoms with Crippen LogP contribution in [0.4, 0.5) is 32.0 Å². The molecule has 2 aliphatic heterocycles. The summed E-state index contributed by atoms with van der Waals surface area (Å²) >= 11 is 0. The van der Waals surface area contributed by atoms with Crippen molar-refractivity contribution < 1.29 is 41.0 Å². The van der Waals surface area contributed by atoms with Crippen molar-refractivity contribution in [2.24, 2.45) is 0 Å². The van der Waals surface area contributed by atoms with Crippen molar-refractivity contribution in [2.45, 2.75) is 44.2 Å². The minimum absolute atomic E-state index is 0.0993. The molecule has 0 bridgehead atoms. The molecule has 1 fully saturated rings. The second kappa shape index (κ2) is 10.5. The van der Waals surface area contributed by atoms with E-state index < -0.39 is 52.3 Å². The standard InChI is InChI=1S/C29H24F6N4O3/c1-27-12-5-13-39(27)38(16-17-6-3-2-4-7-17)26(42)23(24(27)40)25(41)37-21-10-9-19(28(30,31)32)14-20(21)18-8-11-22(36-15-18)29(33,34)35/h2-4,6-11,14-15,40H,5,12-13,16H2,1H3,(H,37,41)/t27-/m1/s1. The zero-order valence-electron chi connectivity index (χ0n) is 22.1. The number of benzene rings is 2. The molecule has 2 aromatic carbocycles. The Morgan fingerprint density at radius 3 is 2.36 bits per heavy atom. The summed E-state index contributed by atoms with van der Waals surface area (Å²) in [6, 6.07) is 12.8. The lowest BCUT2D eigenvalue weighted by atomic mass is 9.90. The van der Waals surface area contributed by atoms with Gasteiger partial charge in [-0.15, -0.1) is 0 Å². The molecule has 0 spiro atoms. The molecule has 1 aromatic heterocycles. The van der Waals surface area contributed by atoms with E-state index in [9.17, 15) is 41.0 Å². The van der Waals surface area contributed by atoms with Gasteiger partial charge in [0.05, 0.1) is 17.6 Å². The summed E-state index contributed by atoms with van der Waals surface area (Å²) in [6.45, 7) is 2.23. The molecule has 5 rings (SSSR count). The van der Waals surface area contributed by atoms with E-state index in [0.717, 1.165) is 23.9 Å². The van der Waals surface area contributed by atoms with Crippen LogP contribution in [-0.2, 0) is 28.5 Å². The highest BCUT2D eigenvalue weighted by molar-refractivity contribution is 6.24. The lowest BCUT2D eigenvalue weighted by molar-refractivity contribution is -0.160. The topological polar surface area (TPSA) is 85.8 Å². The molecule has 1 saturated heterocycles. The maximum absolute atomic E-state index is 13.7. The molecule has 42 heavy (non-hydrogen) atoms. The maximum Gasteiger partial charge on any atom is 0.433 e. The van der Waals surface area contributed by atoms with Gasteiger partial charge in [0.25, 0.3) is 11.8 Å². The van der Waals surface area contributed by atoms with Crippen molar-refractivity contribution in [2.75, 3.05) is 11.9 Å². The molecule has 0 radical (unpaired) electrons. The van der Waals surface area contributed by atoms with Crippen molar-refractivity contribution in [3.8, 4) is 11.1 Å². The van der Waals surface area contributed by atoms with Crippen molar-refractivity contribution in [1.82, 2.24) is 15.0 Å². The summed E-state index contributed by atoms with van der Waals surface area (Å²) in [4.78, 5) is 30.6. The summed E-state index contributed by atoms with van der Waals surface area (Å²) in [5.74, 6) is -2.36. The molecule has 7 nitrogen and oxygen atoms in total. The number of pyridine rings is 1. The van der Waals surface area contributed by atoms with Crippen LogP contribution in [0.1, 0.15) is 36.6 Å². The Morgan fingerprint density at radius 2 is 1.74 bits per heavy atom. The molecular weight excluding hydrogens is 566 g/mol. The highest BCUT2D eigenvalue weighted by atomic mass is 19.4. The first-order valence-corrected chi connectivity index (χ1v) is 12.8. The molecule has 0 unspecified atom stereocenters. The number of hydrogen-bond donors (Lipinski definition) is 2. The largest absolute Gasteiger partial charge is 0.509 e. The van der Waals surface area contributed by atoms with Crippen LogP contribution >= 0.6 is 0 Å². The van der Waals surface area contributed by atoms with Gasteiger partial charge < -0.3 is 10.4 Å². The molecule has 2 amide bonds. The number of anilines is 1. The molecule has 3 heterocycles. The fourth-order valence-corrected chi connectivity index (χ4v) is 5.28. The van der Waals surface area contributed by atoms with Gasteiger partial charge in [-0.05, 0) is 49.6 Å². The third-order valence-corrected chi connectivity index (χ3v) is 7.45. The summed E-state index contributed by atoms with van der Waals surface area (Å²) in [5.41, 5.74) is -3.92. The summed E-state index contributed by atoms with van der Waals surface area (Å²) in [7, 11) is 0. The monoisotopic (exact) mass is 590 g/mol. The number of aliphatic hydroxyl groups is 1. The minimum Gasteiger partial charge on any atom is -0.509 e. The van der Waals surface area contributed by atoms with Crippen LogP contribution in [0.5, 0.6) is 0 Å². The van der Waals surface area contributed by atoms with Crippen LogP contribution in [0.15, 0.2) is 78.2 Å². The second-order valence-electron chi connectivity index (χ2n) is 10.2. The van der Waals surface area contributed by atoms with Gasteiger partial charge in [0.1, 0.15) is 17.0 Å². The Balaban J connectivity index is 1.54. The number of aromatic nitrogens is 1. The Labute approximate surface area is 236 Å². The normalized spacial score (nSPS) is 19.7. The molecule has 1 atom stereocenters. The van der Waals surface area contributed by atoms with Gasteiger partial charge in [0.15, 0.2) is 0 Å². The number of rotatable bonds is 5. The number of nitrogens with zero attached hydrogens (tertiary/aromatic N) is 3. The van der Waals surface area contributed by atoms with Gasteiger partial charge in [0.2, 0.25) is 0 Å². The van der Waals surface area contributed by atoms with Gasteiger partial charge in [0, 0.05) is 29.6 Å². The third-order valence-electron chi connectivity index (χ3n) is 7.45. The molecular formula is C29H24F6N4O3. The number of hydrazine groups is 1. The number of fused-ring (bicyclic) bond motifs is 1. The van der Waals surface area contributed by atoms with E-state index in [2.05, 4.69) is 10.3 Å². The Hall–Kier alpha value is -4.39. The highest BCUT2D eigenvalue weighted by Gasteiger charge is 2.52. The van der Waals surface area contributed by atoms with Crippen LogP contribution in [0.25, 0.3) is 11.1 Å². The first kappa shape index (κ1) is 29.1. The zero-order valence-corrected chi connectivity index (χ0v) is 22.1. The smallest absolute Gasteiger partial charge is 0.433 e. The molecule has 0 saturated carbocycles. The molecule has 2 N–H and O–H groups in total. The number of carbonyl (C=O) groups is 2. The molecule has 13 heteroatoms. The quantitative estimate of drug-likeness (QED) is 0.267. The zero-order chi connectivity index (χ0) is 30.4. The van der Waals surface area contributed by atoms with E-state index in [1.165, 1.54) is 5.01 Å². The summed E-state index contributed by atoms with van der Waals surface area (Å²) < 4.78 is 79.7. The van der Waals surface area contributed by atoms with E-state index in [4.69, 9.17) is 0 Å². The SMILES string of the molecule is C[C@]12CCCN1N(Cc1ccccc1)C(=O)C(C(=O)Nc1ccc(C(F)(F)F)cc1-c1ccc(C(F)(F)F)nc1)=C2O. The highest BCUT2D eigenvalue weighted by Crippen LogP contribution is 2.42. The fraction of sp³-hybridized carbons (Fsp3) is 0.276. The van der Waals surface area contributed by atoms with E-state index in [0.29, 0.717) is 37.6 Å². The predicted octanol–water partition coefficient (Wildman–Crippen LogP) is 6.35. The van der Waals surface area contributed by atoms with Crippen molar-refractivity contribution in [1.29, 1.82) is 0 Å². The summed E-state index contributed by atoms with van der Waals surface area (Å²) in [6.07, 6.45) is -7.77. The second-order valence-corrected chi connectivity index (χ2v) is 10.2. The number of aliphatic hydroxyl groups excluding tert-OH is 1. The lowest BCUT2D eigenvalue weighted by Crippen LogP contribution is -2.60. The minimum atomic E-state index is -4.80. The number of carbonyl (C=O) groups excluding carboxylic acids is 2. The van der Waals surface area contributed by atoms with Gasteiger partial charge in [-0.25, -0.2) is 5.01 Å². The predicted molar refractivity (Wildman–Crippen MR) is 139 cm³/mol. The summed E-state index contributed by atoms with van der Waals surface area (Å²) in [5, 5.41) is 16.7. The Bertz CT molecular complexity index is 1550. The van der Waals surface area contributed by atoms with Crippen LogP contribution in [0.3, 0.4) is 0 Å². The van der Waals surface area contributed by atoms with E-state index in [-0.39, 0.29) is 23.4 Å². The number of amides is 2. The fourth-order valence-electron chi connectivity index (χ4n) is 5.28. The number of hydrogen-bond acceptors (Lipinski definition) is 5. The van der Waals surface area contributed by atoms with Crippen LogP contribution in [-0.4, -0.2) is 44.0 Å². The van der Waals surface area contributed by atoms with Crippen LogP contribution in [0.2, 0.25) is 0 Å². The van der Waals surface area contributed by atoms with Crippen LogP contribution in [0, 0.1) is 0 Å². The van der Waals surface area contributed by atoms with Gasteiger partial charge in [-0.2, -0.15) is 26.3 Å². The Morgan fingerprint density at radius 1 is 1.02 bits per heavy atom.